The van der Waals surface area contributed by atoms with Crippen molar-refractivity contribution < 1.29 is 0 Å². The Bertz CT molecular complexity index is 490. The molecule has 2 N–H and O–H groups in total. The van der Waals surface area contributed by atoms with E-state index in [1.807, 2.05) is 7.05 Å². The first-order valence-electron chi connectivity index (χ1n) is 9.43. The van der Waals surface area contributed by atoms with Crippen LogP contribution in [0.15, 0.2) is 35.3 Å². The molecule has 0 radical (unpaired) electrons. The number of benzene rings is 1. The highest BCUT2D eigenvalue weighted by Crippen LogP contribution is 2.22. The number of anilines is 1. The highest BCUT2D eigenvalue weighted by Gasteiger charge is 2.22. The summed E-state index contributed by atoms with van der Waals surface area (Å²) >= 11 is 0. The maximum Gasteiger partial charge on any atom is 0.190 e. The van der Waals surface area contributed by atoms with Gasteiger partial charge in [0.2, 0.25) is 0 Å². The Kier molecular flexibility index (Phi) is 10.9. The number of nitrogens with one attached hydrogen (secondary N) is 2. The van der Waals surface area contributed by atoms with E-state index >= 15 is 0 Å². The molecular formula is C20H35IN4. The van der Waals surface area contributed by atoms with Crippen molar-refractivity contribution in [2.75, 3.05) is 38.1 Å². The van der Waals surface area contributed by atoms with Crippen LogP contribution in [0.3, 0.4) is 0 Å². The smallest absolute Gasteiger partial charge is 0.190 e. The predicted octanol–water partition coefficient (Wildman–Crippen LogP) is 4.12. The maximum absolute atomic E-state index is 4.34. The molecule has 4 nitrogen and oxygen atoms in total. The first-order valence-corrected chi connectivity index (χ1v) is 9.43. The maximum atomic E-state index is 4.34. The zero-order valence-corrected chi connectivity index (χ0v) is 18.3. The molecule has 1 heterocycles. The monoisotopic (exact) mass is 458 g/mol. The molecule has 0 spiro atoms. The van der Waals surface area contributed by atoms with Gasteiger partial charge in [0.15, 0.2) is 5.96 Å². The highest BCUT2D eigenvalue weighted by atomic mass is 127. The summed E-state index contributed by atoms with van der Waals surface area (Å²) in [5.41, 5.74) is 1.34. The van der Waals surface area contributed by atoms with E-state index in [0.717, 1.165) is 38.1 Å². The Labute approximate surface area is 170 Å². The fourth-order valence-electron chi connectivity index (χ4n) is 3.22. The summed E-state index contributed by atoms with van der Waals surface area (Å²) in [5, 5.41) is 6.93. The quantitative estimate of drug-likeness (QED) is 0.267. The molecule has 1 aliphatic heterocycles. The predicted molar refractivity (Wildman–Crippen MR) is 120 cm³/mol. The molecule has 1 saturated heterocycles. The van der Waals surface area contributed by atoms with E-state index in [-0.39, 0.29) is 24.0 Å². The first-order chi connectivity index (χ1) is 11.7. The number of para-hydroxylation sites is 1. The number of unbranched alkanes of at least 4 members (excludes halogenated alkanes) is 1. The van der Waals surface area contributed by atoms with E-state index in [9.17, 15) is 0 Å². The normalized spacial score (nSPS) is 17.5. The van der Waals surface area contributed by atoms with E-state index in [0.29, 0.717) is 5.92 Å². The lowest BCUT2D eigenvalue weighted by molar-refractivity contribution is 0.531. The van der Waals surface area contributed by atoms with E-state index in [1.54, 1.807) is 0 Å². The van der Waals surface area contributed by atoms with Crippen LogP contribution in [0.4, 0.5) is 5.69 Å². The summed E-state index contributed by atoms with van der Waals surface area (Å²) in [5.74, 6) is 2.43. The summed E-state index contributed by atoms with van der Waals surface area (Å²) in [6.45, 7) is 8.85. The van der Waals surface area contributed by atoms with Crippen molar-refractivity contribution >= 4 is 35.6 Å². The van der Waals surface area contributed by atoms with Crippen LogP contribution in [-0.4, -0.2) is 39.2 Å². The number of halogens is 1. The van der Waals surface area contributed by atoms with Crippen LogP contribution in [-0.2, 0) is 0 Å². The molecule has 0 bridgehead atoms. The molecule has 5 heteroatoms. The molecule has 0 amide bonds. The molecule has 1 atom stereocenters. The second kappa shape index (κ2) is 12.4. The second-order valence-corrected chi connectivity index (χ2v) is 7.21. The van der Waals surface area contributed by atoms with Gasteiger partial charge in [-0.3, -0.25) is 4.99 Å². The van der Waals surface area contributed by atoms with Crippen molar-refractivity contribution in [3.63, 3.8) is 0 Å². The molecule has 0 saturated carbocycles. The van der Waals surface area contributed by atoms with Crippen molar-refractivity contribution in [1.29, 1.82) is 0 Å². The summed E-state index contributed by atoms with van der Waals surface area (Å²) < 4.78 is 0. The van der Waals surface area contributed by atoms with Gasteiger partial charge in [0.05, 0.1) is 0 Å². The lowest BCUT2D eigenvalue weighted by Crippen LogP contribution is -2.40. The zero-order chi connectivity index (χ0) is 17.2. The van der Waals surface area contributed by atoms with Crippen molar-refractivity contribution in [3.05, 3.63) is 30.3 Å². The topological polar surface area (TPSA) is 39.7 Å². The lowest BCUT2D eigenvalue weighted by Gasteiger charge is -2.19. The molecule has 1 fully saturated rings. The SMILES string of the molecule is CN=C(NCCCCC(C)C)NCC1CCN(c2ccccc2)C1.I. The van der Waals surface area contributed by atoms with Gasteiger partial charge in [-0.1, -0.05) is 44.9 Å². The summed E-state index contributed by atoms with van der Waals surface area (Å²) in [7, 11) is 1.86. The zero-order valence-electron chi connectivity index (χ0n) is 16.0. The van der Waals surface area contributed by atoms with Gasteiger partial charge in [-0.15, -0.1) is 24.0 Å². The number of nitrogens with zero attached hydrogens (tertiary/aromatic N) is 2. The summed E-state index contributed by atoms with van der Waals surface area (Å²) in [4.78, 5) is 6.82. The minimum atomic E-state index is 0. The van der Waals surface area contributed by atoms with Crippen molar-refractivity contribution in [3.8, 4) is 0 Å². The lowest BCUT2D eigenvalue weighted by atomic mass is 10.1. The van der Waals surface area contributed by atoms with E-state index in [1.165, 1.54) is 31.4 Å². The number of guanidine groups is 1. The summed E-state index contributed by atoms with van der Waals surface area (Å²) in [6.07, 6.45) is 5.05. The Morgan fingerprint density at radius 3 is 2.64 bits per heavy atom. The molecular weight excluding hydrogens is 423 g/mol. The molecule has 1 aromatic carbocycles. The van der Waals surface area contributed by atoms with Gasteiger partial charge in [-0.05, 0) is 36.8 Å². The number of hydrogen-bond acceptors (Lipinski definition) is 2. The van der Waals surface area contributed by atoms with Gasteiger partial charge in [0, 0.05) is 38.9 Å². The molecule has 0 aromatic heterocycles. The third-order valence-corrected chi connectivity index (χ3v) is 4.69. The minimum absolute atomic E-state index is 0. The number of hydrogen-bond donors (Lipinski definition) is 2. The number of aliphatic imine (C=N–C) groups is 1. The van der Waals surface area contributed by atoms with Crippen LogP contribution in [0.25, 0.3) is 0 Å². The molecule has 1 aromatic rings. The van der Waals surface area contributed by atoms with Gasteiger partial charge >= 0.3 is 0 Å². The van der Waals surface area contributed by atoms with E-state index in [2.05, 4.69) is 64.7 Å². The summed E-state index contributed by atoms with van der Waals surface area (Å²) in [6, 6.07) is 10.7. The van der Waals surface area contributed by atoms with Gasteiger partial charge < -0.3 is 15.5 Å². The van der Waals surface area contributed by atoms with Crippen molar-refractivity contribution in [2.45, 2.75) is 39.5 Å². The fourth-order valence-corrected chi connectivity index (χ4v) is 3.22. The molecule has 1 aliphatic rings. The van der Waals surface area contributed by atoms with Crippen LogP contribution < -0.4 is 15.5 Å². The fraction of sp³-hybridized carbons (Fsp3) is 0.650. The van der Waals surface area contributed by atoms with Gasteiger partial charge in [0.1, 0.15) is 0 Å². The average Bonchev–Trinajstić information content (AvgIpc) is 3.07. The first kappa shape index (κ1) is 22.1. The average molecular weight is 458 g/mol. The standard InChI is InChI=1S/C20H34N4.HI/c1-17(2)9-7-8-13-22-20(21-3)23-15-18-12-14-24(16-18)19-10-5-4-6-11-19;/h4-6,10-11,17-18H,7-9,12-16H2,1-3H3,(H2,21,22,23);1H. The minimum Gasteiger partial charge on any atom is -0.371 e. The van der Waals surface area contributed by atoms with Crippen LogP contribution in [0, 0.1) is 11.8 Å². The van der Waals surface area contributed by atoms with Crippen LogP contribution in [0.5, 0.6) is 0 Å². The third-order valence-electron chi connectivity index (χ3n) is 4.69. The van der Waals surface area contributed by atoms with Gasteiger partial charge in [0.25, 0.3) is 0 Å². The Morgan fingerprint density at radius 1 is 1.20 bits per heavy atom. The van der Waals surface area contributed by atoms with Crippen LogP contribution in [0.1, 0.15) is 39.5 Å². The third kappa shape index (κ3) is 8.29. The van der Waals surface area contributed by atoms with Crippen LogP contribution in [0.2, 0.25) is 0 Å². The van der Waals surface area contributed by atoms with Gasteiger partial charge in [-0.25, -0.2) is 0 Å². The van der Waals surface area contributed by atoms with Crippen molar-refractivity contribution in [2.24, 2.45) is 16.8 Å². The largest absolute Gasteiger partial charge is 0.371 e. The Hall–Kier alpha value is -0.980. The molecule has 0 aliphatic carbocycles. The Morgan fingerprint density at radius 2 is 1.96 bits per heavy atom. The number of rotatable bonds is 8. The molecule has 142 valence electrons. The van der Waals surface area contributed by atoms with Crippen molar-refractivity contribution in [1.82, 2.24) is 10.6 Å². The van der Waals surface area contributed by atoms with E-state index in [4.69, 9.17) is 0 Å². The molecule has 25 heavy (non-hydrogen) atoms. The van der Waals surface area contributed by atoms with E-state index < -0.39 is 0 Å². The van der Waals surface area contributed by atoms with Crippen LogP contribution >= 0.6 is 24.0 Å². The molecule has 1 unspecified atom stereocenters. The molecule has 2 rings (SSSR count). The highest BCUT2D eigenvalue weighted by molar-refractivity contribution is 14.0. The van der Waals surface area contributed by atoms with Gasteiger partial charge in [-0.2, -0.15) is 0 Å². The Balaban J connectivity index is 0.00000312. The second-order valence-electron chi connectivity index (χ2n) is 7.21.